The van der Waals surface area contributed by atoms with Crippen LogP contribution in [-0.2, 0) is 9.59 Å². The van der Waals surface area contributed by atoms with Crippen molar-refractivity contribution >= 4 is 11.9 Å². The van der Waals surface area contributed by atoms with E-state index in [1.54, 1.807) is 14.2 Å². The molecular weight excluding hydrogens is 347 g/mol. The van der Waals surface area contributed by atoms with Gasteiger partial charge in [-0.15, -0.1) is 0 Å². The van der Waals surface area contributed by atoms with Gasteiger partial charge in [-0.1, -0.05) is 6.07 Å². The minimum absolute atomic E-state index is 0.0610. The van der Waals surface area contributed by atoms with Crippen LogP contribution in [0.1, 0.15) is 24.4 Å². The maximum atomic E-state index is 10.9. The van der Waals surface area contributed by atoms with Gasteiger partial charge in [-0.3, -0.25) is 10.1 Å². The van der Waals surface area contributed by atoms with Crippen LogP contribution < -0.4 is 14.8 Å². The number of alkyl halides is 3. The summed E-state index contributed by atoms with van der Waals surface area (Å²) in [5.74, 6) is -2.21. The predicted octanol–water partition coefficient (Wildman–Crippen LogP) is 2.21. The quantitative estimate of drug-likeness (QED) is 0.751. The van der Waals surface area contributed by atoms with E-state index in [4.69, 9.17) is 24.5 Å². The van der Waals surface area contributed by atoms with Crippen molar-refractivity contribution < 1.29 is 42.4 Å². The highest BCUT2D eigenvalue weighted by Gasteiger charge is 2.38. The number of nitrogens with one attached hydrogen (secondary N) is 1. The highest BCUT2D eigenvalue weighted by Crippen LogP contribution is 2.33. The number of aliphatic carboxylic acids is 2. The van der Waals surface area contributed by atoms with Crippen LogP contribution in [0.5, 0.6) is 11.5 Å². The molecule has 140 valence electrons. The van der Waals surface area contributed by atoms with Crippen molar-refractivity contribution in [3.05, 3.63) is 23.8 Å². The van der Waals surface area contributed by atoms with Gasteiger partial charge in [-0.05, 0) is 30.5 Å². The van der Waals surface area contributed by atoms with Gasteiger partial charge in [-0.2, -0.15) is 13.2 Å². The van der Waals surface area contributed by atoms with Crippen LogP contribution in [0.2, 0.25) is 0 Å². The van der Waals surface area contributed by atoms with Gasteiger partial charge in [-0.25, -0.2) is 4.79 Å². The Labute approximate surface area is 141 Å². The molecule has 1 fully saturated rings. The number of hydrogen-bond acceptors (Lipinski definition) is 5. The maximum absolute atomic E-state index is 10.9. The predicted molar refractivity (Wildman–Crippen MR) is 79.8 cm³/mol. The smallest absolute Gasteiger partial charge is 0.490 e. The Bertz CT molecular complexity index is 620. The van der Waals surface area contributed by atoms with Gasteiger partial charge in [0, 0.05) is 6.04 Å². The lowest BCUT2D eigenvalue weighted by Crippen LogP contribution is -2.31. The zero-order valence-electron chi connectivity index (χ0n) is 13.5. The molecule has 2 atom stereocenters. The van der Waals surface area contributed by atoms with E-state index in [2.05, 4.69) is 5.32 Å². The largest absolute Gasteiger partial charge is 0.493 e. The third kappa shape index (κ3) is 5.82. The Kier molecular flexibility index (Phi) is 7.04. The summed E-state index contributed by atoms with van der Waals surface area (Å²) in [6.45, 7) is 0. The van der Waals surface area contributed by atoms with Crippen molar-refractivity contribution in [2.75, 3.05) is 14.2 Å². The van der Waals surface area contributed by atoms with Gasteiger partial charge in [0.2, 0.25) is 0 Å². The topological polar surface area (TPSA) is 105 Å². The van der Waals surface area contributed by atoms with Crippen molar-refractivity contribution in [2.45, 2.75) is 31.1 Å². The van der Waals surface area contributed by atoms with Crippen molar-refractivity contribution in [2.24, 2.45) is 0 Å². The molecule has 0 aliphatic carbocycles. The first-order valence-electron chi connectivity index (χ1n) is 7.11. The second-order valence-electron chi connectivity index (χ2n) is 5.10. The number of carboxylic acid groups (broad SMARTS) is 2. The molecule has 7 nitrogen and oxygen atoms in total. The number of benzene rings is 1. The summed E-state index contributed by atoms with van der Waals surface area (Å²) in [5.41, 5.74) is 1.02. The molecular formula is C15H18F3NO6. The van der Waals surface area contributed by atoms with Gasteiger partial charge in [0.05, 0.1) is 14.2 Å². The van der Waals surface area contributed by atoms with Gasteiger partial charge in [0.25, 0.3) is 0 Å². The first-order valence-corrected chi connectivity index (χ1v) is 7.11. The molecule has 25 heavy (non-hydrogen) atoms. The van der Waals surface area contributed by atoms with Crippen LogP contribution in [-0.4, -0.2) is 48.6 Å². The highest BCUT2D eigenvalue weighted by molar-refractivity contribution is 5.74. The van der Waals surface area contributed by atoms with Crippen molar-refractivity contribution in [3.8, 4) is 11.5 Å². The highest BCUT2D eigenvalue weighted by atomic mass is 19.4. The van der Waals surface area contributed by atoms with Crippen LogP contribution in [0.4, 0.5) is 13.2 Å². The molecule has 0 aromatic heterocycles. The minimum atomic E-state index is -5.08. The molecule has 0 bridgehead atoms. The fraction of sp³-hybridized carbons (Fsp3) is 0.467. The molecule has 1 aromatic rings. The summed E-state index contributed by atoms with van der Waals surface area (Å²) < 4.78 is 42.2. The molecule has 1 heterocycles. The van der Waals surface area contributed by atoms with Crippen molar-refractivity contribution in [1.82, 2.24) is 5.32 Å². The number of carboxylic acids is 2. The first kappa shape index (κ1) is 20.6. The number of carbonyl (C=O) groups is 2. The molecule has 1 aromatic carbocycles. The van der Waals surface area contributed by atoms with E-state index in [-0.39, 0.29) is 6.04 Å². The lowest BCUT2D eigenvalue weighted by Gasteiger charge is -2.15. The SMILES string of the molecule is COc1ccc([C@H]2CC[C@@H](C(=O)O)N2)cc1OC.O=C(O)C(F)(F)F. The zero-order valence-corrected chi connectivity index (χ0v) is 13.5. The number of halogens is 3. The minimum Gasteiger partial charge on any atom is -0.493 e. The van der Waals surface area contributed by atoms with E-state index in [9.17, 15) is 18.0 Å². The Balaban J connectivity index is 0.000000381. The van der Waals surface area contributed by atoms with Crippen LogP contribution in [0.25, 0.3) is 0 Å². The van der Waals surface area contributed by atoms with E-state index in [0.717, 1.165) is 12.0 Å². The monoisotopic (exact) mass is 365 g/mol. The Morgan fingerprint density at radius 1 is 1.12 bits per heavy atom. The first-order chi connectivity index (χ1) is 11.6. The molecule has 10 heteroatoms. The van der Waals surface area contributed by atoms with Crippen molar-refractivity contribution in [3.63, 3.8) is 0 Å². The Morgan fingerprint density at radius 2 is 1.68 bits per heavy atom. The molecule has 0 amide bonds. The summed E-state index contributed by atoms with van der Waals surface area (Å²) in [7, 11) is 3.18. The Hall–Kier alpha value is -2.49. The van der Waals surface area contributed by atoms with Crippen LogP contribution >= 0.6 is 0 Å². The number of methoxy groups -OCH3 is 2. The average Bonchev–Trinajstić information content (AvgIpc) is 3.04. The Morgan fingerprint density at radius 3 is 2.08 bits per heavy atom. The van der Waals surface area contributed by atoms with E-state index in [0.29, 0.717) is 17.9 Å². The third-order valence-electron chi connectivity index (χ3n) is 3.50. The molecule has 3 N–H and O–H groups in total. The van der Waals surface area contributed by atoms with Crippen LogP contribution in [0.15, 0.2) is 18.2 Å². The molecule has 1 aliphatic heterocycles. The fourth-order valence-corrected chi connectivity index (χ4v) is 2.27. The van der Waals surface area contributed by atoms with E-state index in [1.807, 2.05) is 18.2 Å². The number of rotatable bonds is 4. The average molecular weight is 365 g/mol. The summed E-state index contributed by atoms with van der Waals surface area (Å²) >= 11 is 0. The van der Waals surface area contributed by atoms with E-state index >= 15 is 0 Å². The molecule has 0 radical (unpaired) electrons. The van der Waals surface area contributed by atoms with Crippen molar-refractivity contribution in [1.29, 1.82) is 0 Å². The van der Waals surface area contributed by atoms with E-state index in [1.165, 1.54) is 0 Å². The molecule has 0 spiro atoms. The maximum Gasteiger partial charge on any atom is 0.490 e. The molecule has 1 saturated heterocycles. The molecule has 2 rings (SSSR count). The van der Waals surface area contributed by atoms with Crippen LogP contribution in [0.3, 0.4) is 0 Å². The summed E-state index contributed by atoms with van der Waals surface area (Å²) in [6.07, 6.45) is -3.62. The van der Waals surface area contributed by atoms with Gasteiger partial charge < -0.3 is 19.7 Å². The third-order valence-corrected chi connectivity index (χ3v) is 3.50. The second-order valence-corrected chi connectivity index (χ2v) is 5.10. The molecule has 1 aliphatic rings. The summed E-state index contributed by atoms with van der Waals surface area (Å²) in [6, 6.07) is 5.27. The lowest BCUT2D eigenvalue weighted by molar-refractivity contribution is -0.192. The van der Waals surface area contributed by atoms with Gasteiger partial charge in [0.15, 0.2) is 11.5 Å². The molecule has 0 saturated carbocycles. The summed E-state index contributed by atoms with van der Waals surface area (Å²) in [4.78, 5) is 19.8. The second kappa shape index (κ2) is 8.56. The fourth-order valence-electron chi connectivity index (χ4n) is 2.27. The van der Waals surface area contributed by atoms with E-state index < -0.39 is 24.2 Å². The normalized spacial score (nSPS) is 19.6. The summed E-state index contributed by atoms with van der Waals surface area (Å²) in [5, 5.41) is 19.2. The lowest BCUT2D eigenvalue weighted by atomic mass is 10.0. The standard InChI is InChI=1S/C13H17NO4.C2HF3O2/c1-17-11-6-3-8(7-12(11)18-2)9-4-5-10(14-9)13(15)16;3-2(4,5)1(6)7/h3,6-7,9-10,14H,4-5H2,1-2H3,(H,15,16);(H,6,7)/t9-,10+;/m1./s1. The van der Waals surface area contributed by atoms with Gasteiger partial charge >= 0.3 is 18.1 Å². The van der Waals surface area contributed by atoms with Gasteiger partial charge in [0.1, 0.15) is 6.04 Å². The number of ether oxygens (including phenoxy) is 2. The zero-order chi connectivity index (χ0) is 19.2. The number of hydrogen-bond donors (Lipinski definition) is 3. The van der Waals surface area contributed by atoms with Crippen LogP contribution in [0, 0.1) is 0 Å². The molecule has 0 unspecified atom stereocenters.